The van der Waals surface area contributed by atoms with Gasteiger partial charge in [0.2, 0.25) is 10.0 Å². The maximum Gasteiger partial charge on any atom is 0.246 e. The van der Waals surface area contributed by atoms with E-state index in [-0.39, 0.29) is 30.4 Å². The van der Waals surface area contributed by atoms with Gasteiger partial charge in [0.05, 0.1) is 19.8 Å². The predicted octanol–water partition coefficient (Wildman–Crippen LogP) is 3.21. The molecule has 1 aliphatic heterocycles. The Morgan fingerprint density at radius 3 is 2.46 bits per heavy atom. The molecule has 0 N–H and O–H groups in total. The Labute approximate surface area is 153 Å². The number of methoxy groups -OCH3 is 1. The number of sulfonamides is 1. The first kappa shape index (κ1) is 18.8. The molecular formula is C19H22FNO4S. The smallest absolute Gasteiger partial charge is 0.246 e. The van der Waals surface area contributed by atoms with Gasteiger partial charge >= 0.3 is 0 Å². The summed E-state index contributed by atoms with van der Waals surface area (Å²) < 4.78 is 51.9. The lowest BCUT2D eigenvalue weighted by Gasteiger charge is -2.32. The number of nitrogens with zero attached hydrogens (tertiary/aromatic N) is 1. The van der Waals surface area contributed by atoms with E-state index < -0.39 is 16.1 Å². The first-order chi connectivity index (χ1) is 12.3. The van der Waals surface area contributed by atoms with E-state index in [1.54, 1.807) is 24.3 Å². The van der Waals surface area contributed by atoms with E-state index in [9.17, 15) is 12.8 Å². The minimum atomic E-state index is -3.74. The second-order valence-corrected chi connectivity index (χ2v) is 8.27. The van der Waals surface area contributed by atoms with Crippen molar-refractivity contribution in [1.82, 2.24) is 4.31 Å². The Morgan fingerprint density at radius 1 is 1.15 bits per heavy atom. The van der Waals surface area contributed by atoms with Crippen molar-refractivity contribution in [3.05, 3.63) is 58.9 Å². The van der Waals surface area contributed by atoms with Crippen molar-refractivity contribution < 1.29 is 22.3 Å². The summed E-state index contributed by atoms with van der Waals surface area (Å²) in [5.74, 6) is -0.00757. The second kappa shape index (κ2) is 7.34. The average Bonchev–Trinajstić information content (AvgIpc) is 2.64. The lowest BCUT2D eigenvalue weighted by Crippen LogP contribution is -2.42. The molecule has 26 heavy (non-hydrogen) atoms. The Hall–Kier alpha value is -1.96. The fourth-order valence-corrected chi connectivity index (χ4v) is 4.63. The van der Waals surface area contributed by atoms with E-state index in [0.29, 0.717) is 5.75 Å². The molecule has 0 aromatic heterocycles. The number of morpholine rings is 1. The van der Waals surface area contributed by atoms with Crippen molar-refractivity contribution in [2.75, 3.05) is 26.8 Å². The van der Waals surface area contributed by atoms with Crippen LogP contribution in [-0.2, 0) is 14.8 Å². The maximum absolute atomic E-state index is 13.2. The van der Waals surface area contributed by atoms with Gasteiger partial charge in [-0.1, -0.05) is 12.1 Å². The molecule has 0 amide bonds. The van der Waals surface area contributed by atoms with Crippen molar-refractivity contribution in [1.29, 1.82) is 0 Å². The molecule has 0 radical (unpaired) electrons. The minimum absolute atomic E-state index is 0.155. The van der Waals surface area contributed by atoms with Gasteiger partial charge in [-0.3, -0.25) is 0 Å². The zero-order valence-corrected chi connectivity index (χ0v) is 15.8. The number of rotatable bonds is 4. The third kappa shape index (κ3) is 3.60. The summed E-state index contributed by atoms with van der Waals surface area (Å²) >= 11 is 0. The number of hydrogen-bond acceptors (Lipinski definition) is 4. The van der Waals surface area contributed by atoms with Crippen LogP contribution in [-0.4, -0.2) is 39.5 Å². The van der Waals surface area contributed by atoms with E-state index in [4.69, 9.17) is 9.47 Å². The van der Waals surface area contributed by atoms with Crippen molar-refractivity contribution in [2.45, 2.75) is 24.8 Å². The summed E-state index contributed by atoms with van der Waals surface area (Å²) in [5, 5.41) is 0. The van der Waals surface area contributed by atoms with Gasteiger partial charge in [0, 0.05) is 13.1 Å². The molecule has 5 nitrogen and oxygen atoms in total. The number of ether oxygens (including phenoxy) is 2. The van der Waals surface area contributed by atoms with Gasteiger partial charge in [-0.15, -0.1) is 0 Å². The van der Waals surface area contributed by atoms with Crippen LogP contribution in [0.2, 0.25) is 0 Å². The van der Waals surface area contributed by atoms with Gasteiger partial charge in [0.15, 0.2) is 0 Å². The van der Waals surface area contributed by atoms with Crippen LogP contribution in [0.15, 0.2) is 41.3 Å². The van der Waals surface area contributed by atoms with Gasteiger partial charge < -0.3 is 9.47 Å². The van der Waals surface area contributed by atoms with Gasteiger partial charge in [0.25, 0.3) is 0 Å². The van der Waals surface area contributed by atoms with E-state index in [0.717, 1.165) is 16.7 Å². The normalized spacial score (nSPS) is 18.7. The molecule has 3 rings (SSSR count). The predicted molar refractivity (Wildman–Crippen MR) is 96.3 cm³/mol. The molecular weight excluding hydrogens is 357 g/mol. The standard InChI is InChI=1S/C19H22FNO4S/c1-13-10-17(24-3)19(11-14(13)2)26(22,23)21-8-9-25-18(12-21)15-4-6-16(20)7-5-15/h4-7,10-11,18H,8-9,12H2,1-3H3. The Kier molecular flexibility index (Phi) is 5.32. The molecule has 1 fully saturated rings. The first-order valence-corrected chi connectivity index (χ1v) is 9.79. The van der Waals surface area contributed by atoms with Crippen molar-refractivity contribution >= 4 is 10.0 Å². The third-order valence-electron chi connectivity index (χ3n) is 4.67. The summed E-state index contributed by atoms with van der Waals surface area (Å²) in [4.78, 5) is 0.155. The topological polar surface area (TPSA) is 55.8 Å². The average molecular weight is 379 g/mol. The summed E-state index contributed by atoms with van der Waals surface area (Å²) in [7, 11) is -2.28. The van der Waals surface area contributed by atoms with E-state index in [1.165, 1.54) is 23.5 Å². The maximum atomic E-state index is 13.2. The van der Waals surface area contributed by atoms with Gasteiger partial charge in [-0.2, -0.15) is 4.31 Å². The zero-order chi connectivity index (χ0) is 18.9. The van der Waals surface area contributed by atoms with Gasteiger partial charge in [-0.05, 0) is 54.8 Å². The lowest BCUT2D eigenvalue weighted by molar-refractivity contribution is -0.00262. The summed E-state index contributed by atoms with van der Waals surface area (Å²) in [6.07, 6.45) is -0.434. The highest BCUT2D eigenvalue weighted by molar-refractivity contribution is 7.89. The molecule has 2 aromatic rings. The van der Waals surface area contributed by atoms with Crippen LogP contribution in [0.1, 0.15) is 22.8 Å². The number of hydrogen-bond donors (Lipinski definition) is 0. The molecule has 1 saturated heterocycles. The summed E-state index contributed by atoms with van der Waals surface area (Å²) in [5.41, 5.74) is 2.60. The van der Waals surface area contributed by atoms with Gasteiger partial charge in [-0.25, -0.2) is 12.8 Å². The van der Waals surface area contributed by atoms with Crippen molar-refractivity contribution in [2.24, 2.45) is 0 Å². The fraction of sp³-hybridized carbons (Fsp3) is 0.368. The molecule has 1 atom stereocenters. The quantitative estimate of drug-likeness (QED) is 0.819. The van der Waals surface area contributed by atoms with Crippen LogP contribution in [0.3, 0.4) is 0 Å². The molecule has 2 aromatic carbocycles. The SMILES string of the molecule is COc1cc(C)c(C)cc1S(=O)(=O)N1CCOC(c2ccc(F)cc2)C1. The highest BCUT2D eigenvalue weighted by Gasteiger charge is 2.33. The first-order valence-electron chi connectivity index (χ1n) is 8.35. The second-order valence-electron chi connectivity index (χ2n) is 6.36. The van der Waals surface area contributed by atoms with Crippen LogP contribution in [0.4, 0.5) is 4.39 Å². The number of benzene rings is 2. The lowest BCUT2D eigenvalue weighted by atomic mass is 10.1. The molecule has 1 heterocycles. The molecule has 0 bridgehead atoms. The summed E-state index contributed by atoms with van der Waals surface area (Å²) in [6, 6.07) is 9.31. The molecule has 140 valence electrons. The van der Waals surface area contributed by atoms with Gasteiger partial charge in [0.1, 0.15) is 16.5 Å². The number of halogens is 1. The van der Waals surface area contributed by atoms with Crippen LogP contribution in [0.5, 0.6) is 5.75 Å². The van der Waals surface area contributed by atoms with E-state index in [2.05, 4.69) is 0 Å². The van der Waals surface area contributed by atoms with Crippen molar-refractivity contribution in [3.63, 3.8) is 0 Å². The Balaban J connectivity index is 1.92. The molecule has 0 spiro atoms. The molecule has 1 aliphatic rings. The van der Waals surface area contributed by atoms with Crippen molar-refractivity contribution in [3.8, 4) is 5.75 Å². The highest BCUT2D eigenvalue weighted by Crippen LogP contribution is 2.32. The largest absolute Gasteiger partial charge is 0.495 e. The monoisotopic (exact) mass is 379 g/mol. The highest BCUT2D eigenvalue weighted by atomic mass is 32.2. The molecule has 0 aliphatic carbocycles. The third-order valence-corrected chi connectivity index (χ3v) is 6.56. The van der Waals surface area contributed by atoms with Crippen LogP contribution < -0.4 is 4.74 Å². The molecule has 1 unspecified atom stereocenters. The summed E-state index contributed by atoms with van der Waals surface area (Å²) in [6.45, 7) is 4.48. The van der Waals surface area contributed by atoms with Crippen LogP contribution in [0.25, 0.3) is 0 Å². The number of aryl methyl sites for hydroxylation is 2. The van der Waals surface area contributed by atoms with Crippen LogP contribution in [0, 0.1) is 19.7 Å². The molecule has 0 saturated carbocycles. The minimum Gasteiger partial charge on any atom is -0.495 e. The Morgan fingerprint density at radius 2 is 1.81 bits per heavy atom. The zero-order valence-electron chi connectivity index (χ0n) is 15.0. The fourth-order valence-electron chi connectivity index (χ4n) is 2.99. The van der Waals surface area contributed by atoms with Crippen LogP contribution >= 0.6 is 0 Å². The van der Waals surface area contributed by atoms with E-state index in [1.807, 2.05) is 13.8 Å². The van der Waals surface area contributed by atoms with E-state index >= 15 is 0 Å². The molecule has 7 heteroatoms. The Bertz CT molecular complexity index is 897.